The summed E-state index contributed by atoms with van der Waals surface area (Å²) < 4.78 is 11.0. The van der Waals surface area contributed by atoms with Crippen molar-refractivity contribution in [1.29, 1.82) is 0 Å². The van der Waals surface area contributed by atoms with Crippen LogP contribution in [0.5, 0.6) is 5.75 Å². The Hall–Kier alpha value is -2.31. The van der Waals surface area contributed by atoms with Crippen LogP contribution in [0.1, 0.15) is 0 Å². The molecule has 0 radical (unpaired) electrons. The molecule has 1 N–H and O–H groups in total. The van der Waals surface area contributed by atoms with E-state index in [0.717, 1.165) is 54.6 Å². The van der Waals surface area contributed by atoms with Gasteiger partial charge < -0.3 is 19.4 Å². The predicted molar refractivity (Wildman–Crippen MR) is 96.2 cm³/mol. The Labute approximate surface area is 146 Å². The number of methoxy groups -OCH3 is 1. The number of aromatic nitrogens is 3. The first kappa shape index (κ1) is 16.5. The zero-order valence-corrected chi connectivity index (χ0v) is 14.2. The van der Waals surface area contributed by atoms with Crippen LogP contribution >= 0.6 is 12.4 Å². The molecule has 24 heavy (non-hydrogen) atoms. The number of ether oxygens (including phenoxy) is 2. The average molecular weight is 347 g/mol. The van der Waals surface area contributed by atoms with Gasteiger partial charge in [0.1, 0.15) is 11.6 Å². The Balaban J connectivity index is 0.00000169. The summed E-state index contributed by atoms with van der Waals surface area (Å²) >= 11 is 0. The van der Waals surface area contributed by atoms with E-state index in [1.54, 1.807) is 13.3 Å². The fourth-order valence-electron chi connectivity index (χ4n) is 2.87. The van der Waals surface area contributed by atoms with Crippen molar-refractivity contribution in [2.75, 3.05) is 38.3 Å². The highest BCUT2D eigenvalue weighted by Crippen LogP contribution is 2.33. The first-order valence-corrected chi connectivity index (χ1v) is 7.67. The maximum atomic E-state index is 5.59. The third kappa shape index (κ3) is 3.02. The van der Waals surface area contributed by atoms with Crippen molar-refractivity contribution in [3.63, 3.8) is 0 Å². The predicted octanol–water partition coefficient (Wildman–Crippen LogP) is 2.89. The monoisotopic (exact) mass is 346 g/mol. The van der Waals surface area contributed by atoms with Gasteiger partial charge in [-0.1, -0.05) is 0 Å². The van der Waals surface area contributed by atoms with Gasteiger partial charge in [-0.25, -0.2) is 9.97 Å². The second kappa shape index (κ2) is 7.07. The zero-order valence-electron chi connectivity index (χ0n) is 13.4. The van der Waals surface area contributed by atoms with Crippen LogP contribution in [0.25, 0.3) is 22.6 Å². The highest BCUT2D eigenvalue weighted by atomic mass is 35.5. The minimum absolute atomic E-state index is 0. The molecule has 0 spiro atoms. The molecule has 1 aromatic carbocycles. The number of morpholine rings is 1. The number of hydrogen-bond acceptors (Lipinski definition) is 5. The summed E-state index contributed by atoms with van der Waals surface area (Å²) in [7, 11) is 1.68. The molecule has 0 saturated carbocycles. The molecule has 7 heteroatoms. The SMILES string of the molecule is COc1cc(N2CCOCC2)ccc1-c1nc2ncccc2[nH]1.Cl. The minimum atomic E-state index is 0. The molecule has 0 aliphatic carbocycles. The smallest absolute Gasteiger partial charge is 0.178 e. The van der Waals surface area contributed by atoms with Crippen LogP contribution in [0.2, 0.25) is 0 Å². The number of nitrogens with zero attached hydrogens (tertiary/aromatic N) is 3. The number of nitrogens with one attached hydrogen (secondary N) is 1. The maximum absolute atomic E-state index is 5.59. The molecule has 3 heterocycles. The Bertz CT molecular complexity index is 797. The topological polar surface area (TPSA) is 63.3 Å². The number of hydrogen-bond donors (Lipinski definition) is 1. The molecule has 4 rings (SSSR count). The Morgan fingerprint density at radius 3 is 2.79 bits per heavy atom. The number of halogens is 1. The molecule has 0 bridgehead atoms. The van der Waals surface area contributed by atoms with Crippen LogP contribution in [0.15, 0.2) is 36.5 Å². The van der Waals surface area contributed by atoms with Gasteiger partial charge in [0.05, 0.1) is 31.4 Å². The number of anilines is 1. The standard InChI is InChI=1S/C17H18N4O2.ClH/c1-22-15-11-12(21-7-9-23-10-8-21)4-5-13(15)16-19-14-3-2-6-18-17(14)20-16;/h2-6,11H,7-10H2,1H3,(H,18,19,20);1H. The molecule has 1 saturated heterocycles. The molecule has 0 amide bonds. The summed E-state index contributed by atoms with van der Waals surface area (Å²) in [6, 6.07) is 10.1. The third-order valence-corrected chi connectivity index (χ3v) is 4.07. The fourth-order valence-corrected chi connectivity index (χ4v) is 2.87. The molecular formula is C17H19ClN4O2. The lowest BCUT2D eigenvalue weighted by Crippen LogP contribution is -2.36. The molecule has 2 aromatic heterocycles. The zero-order chi connectivity index (χ0) is 15.6. The van der Waals surface area contributed by atoms with Crippen molar-refractivity contribution in [2.24, 2.45) is 0 Å². The van der Waals surface area contributed by atoms with Gasteiger partial charge in [-0.05, 0) is 24.3 Å². The highest BCUT2D eigenvalue weighted by Gasteiger charge is 2.16. The second-order valence-corrected chi connectivity index (χ2v) is 5.44. The van der Waals surface area contributed by atoms with Crippen LogP contribution in [0.4, 0.5) is 5.69 Å². The van der Waals surface area contributed by atoms with E-state index in [2.05, 4.69) is 32.0 Å². The van der Waals surface area contributed by atoms with Crippen LogP contribution in [0.3, 0.4) is 0 Å². The van der Waals surface area contributed by atoms with E-state index in [9.17, 15) is 0 Å². The quantitative estimate of drug-likeness (QED) is 0.790. The number of H-pyrrole nitrogens is 1. The Morgan fingerprint density at radius 1 is 1.21 bits per heavy atom. The molecule has 0 unspecified atom stereocenters. The van der Waals surface area contributed by atoms with Crippen LogP contribution in [-0.4, -0.2) is 48.4 Å². The third-order valence-electron chi connectivity index (χ3n) is 4.07. The number of fused-ring (bicyclic) bond motifs is 1. The molecule has 126 valence electrons. The van der Waals surface area contributed by atoms with E-state index in [1.165, 1.54) is 0 Å². The summed E-state index contributed by atoms with van der Waals surface area (Å²) in [5.74, 6) is 1.57. The van der Waals surface area contributed by atoms with E-state index in [1.807, 2.05) is 18.2 Å². The van der Waals surface area contributed by atoms with Gasteiger partial charge >= 0.3 is 0 Å². The van der Waals surface area contributed by atoms with Gasteiger partial charge in [-0.15, -0.1) is 12.4 Å². The van der Waals surface area contributed by atoms with Crippen molar-refractivity contribution in [2.45, 2.75) is 0 Å². The van der Waals surface area contributed by atoms with E-state index in [-0.39, 0.29) is 12.4 Å². The number of aromatic amines is 1. The maximum Gasteiger partial charge on any atom is 0.178 e. The molecule has 1 aliphatic heterocycles. The van der Waals surface area contributed by atoms with Crippen LogP contribution < -0.4 is 9.64 Å². The van der Waals surface area contributed by atoms with Crippen molar-refractivity contribution in [1.82, 2.24) is 15.0 Å². The van der Waals surface area contributed by atoms with E-state index in [0.29, 0.717) is 5.65 Å². The summed E-state index contributed by atoms with van der Waals surface area (Å²) in [5, 5.41) is 0. The number of imidazole rings is 1. The van der Waals surface area contributed by atoms with Gasteiger partial charge in [0.25, 0.3) is 0 Å². The molecular weight excluding hydrogens is 328 g/mol. The lowest BCUT2D eigenvalue weighted by atomic mass is 10.1. The largest absolute Gasteiger partial charge is 0.496 e. The lowest BCUT2D eigenvalue weighted by molar-refractivity contribution is 0.122. The van der Waals surface area contributed by atoms with Crippen molar-refractivity contribution < 1.29 is 9.47 Å². The molecule has 1 aliphatic rings. The lowest BCUT2D eigenvalue weighted by Gasteiger charge is -2.29. The summed E-state index contributed by atoms with van der Waals surface area (Å²) in [6.45, 7) is 3.33. The Morgan fingerprint density at radius 2 is 2.04 bits per heavy atom. The number of rotatable bonds is 3. The fraction of sp³-hybridized carbons (Fsp3) is 0.294. The van der Waals surface area contributed by atoms with Crippen LogP contribution in [0, 0.1) is 0 Å². The van der Waals surface area contributed by atoms with Gasteiger partial charge in [0, 0.05) is 31.0 Å². The first-order valence-electron chi connectivity index (χ1n) is 7.67. The van der Waals surface area contributed by atoms with Crippen molar-refractivity contribution >= 4 is 29.3 Å². The molecule has 1 fully saturated rings. The van der Waals surface area contributed by atoms with Gasteiger partial charge in [0.15, 0.2) is 5.65 Å². The van der Waals surface area contributed by atoms with Gasteiger partial charge in [-0.2, -0.15) is 0 Å². The van der Waals surface area contributed by atoms with E-state index in [4.69, 9.17) is 9.47 Å². The van der Waals surface area contributed by atoms with Crippen molar-refractivity contribution in [3.8, 4) is 17.1 Å². The van der Waals surface area contributed by atoms with Gasteiger partial charge in [0.2, 0.25) is 0 Å². The number of benzene rings is 1. The highest BCUT2D eigenvalue weighted by molar-refractivity contribution is 5.85. The summed E-state index contributed by atoms with van der Waals surface area (Å²) in [4.78, 5) is 14.4. The normalized spacial score (nSPS) is 14.5. The first-order chi connectivity index (χ1) is 11.3. The van der Waals surface area contributed by atoms with E-state index >= 15 is 0 Å². The molecule has 3 aromatic rings. The van der Waals surface area contributed by atoms with Gasteiger partial charge in [-0.3, -0.25) is 0 Å². The molecule has 0 atom stereocenters. The minimum Gasteiger partial charge on any atom is -0.496 e. The molecule has 6 nitrogen and oxygen atoms in total. The number of pyridine rings is 1. The average Bonchev–Trinajstić information content (AvgIpc) is 3.06. The Kier molecular flexibility index (Phi) is 4.87. The van der Waals surface area contributed by atoms with Crippen molar-refractivity contribution in [3.05, 3.63) is 36.5 Å². The van der Waals surface area contributed by atoms with Crippen LogP contribution in [-0.2, 0) is 4.74 Å². The summed E-state index contributed by atoms with van der Waals surface area (Å²) in [5.41, 5.74) is 3.70. The summed E-state index contributed by atoms with van der Waals surface area (Å²) in [6.07, 6.45) is 1.74. The second-order valence-electron chi connectivity index (χ2n) is 5.44. The van der Waals surface area contributed by atoms with E-state index < -0.39 is 0 Å².